The Morgan fingerprint density at radius 3 is 2.44 bits per heavy atom. The number of hydrogen-bond donors (Lipinski definition) is 2. The van der Waals surface area contributed by atoms with Gasteiger partial charge in [-0.05, 0) is 43.4 Å². The maximum atomic E-state index is 4.30. The van der Waals surface area contributed by atoms with Crippen LogP contribution in [0, 0.1) is 11.3 Å². The monoisotopic (exact) mass is 365 g/mol. The van der Waals surface area contributed by atoms with Crippen molar-refractivity contribution in [2.24, 2.45) is 16.3 Å². The Hall–Kier alpha value is 0. The van der Waals surface area contributed by atoms with Gasteiger partial charge in [-0.3, -0.25) is 4.99 Å². The van der Waals surface area contributed by atoms with Gasteiger partial charge in [0.15, 0.2) is 5.96 Å². The van der Waals surface area contributed by atoms with Crippen molar-refractivity contribution in [1.29, 1.82) is 0 Å². The van der Waals surface area contributed by atoms with Crippen molar-refractivity contribution in [2.75, 3.05) is 20.1 Å². The van der Waals surface area contributed by atoms with Gasteiger partial charge in [-0.15, -0.1) is 24.0 Å². The topological polar surface area (TPSA) is 36.4 Å². The van der Waals surface area contributed by atoms with Crippen molar-refractivity contribution in [3.8, 4) is 0 Å². The van der Waals surface area contributed by atoms with E-state index in [2.05, 4.69) is 22.5 Å². The first-order valence-corrected chi connectivity index (χ1v) is 7.25. The third-order valence-corrected chi connectivity index (χ3v) is 4.45. The quantitative estimate of drug-likeness (QED) is 0.328. The third kappa shape index (κ3) is 4.00. The van der Waals surface area contributed by atoms with E-state index >= 15 is 0 Å². The molecule has 0 aromatic carbocycles. The number of hydrogen-bond acceptors (Lipinski definition) is 1. The van der Waals surface area contributed by atoms with Gasteiger partial charge in [0.1, 0.15) is 0 Å². The minimum atomic E-state index is 0. The molecule has 2 saturated carbocycles. The van der Waals surface area contributed by atoms with Crippen molar-refractivity contribution in [1.82, 2.24) is 10.6 Å². The van der Waals surface area contributed by atoms with Gasteiger partial charge in [0.05, 0.1) is 0 Å². The van der Waals surface area contributed by atoms with Gasteiger partial charge in [-0.25, -0.2) is 0 Å². The number of rotatable bonds is 6. The largest absolute Gasteiger partial charge is 0.356 e. The molecule has 0 radical (unpaired) electrons. The molecule has 0 heterocycles. The fraction of sp³-hybridized carbons (Fsp3) is 0.929. The molecule has 0 aromatic heterocycles. The summed E-state index contributed by atoms with van der Waals surface area (Å²) in [5, 5.41) is 6.92. The van der Waals surface area contributed by atoms with E-state index in [0.717, 1.165) is 25.0 Å². The summed E-state index contributed by atoms with van der Waals surface area (Å²) in [6.07, 6.45) is 9.66. The molecular weight excluding hydrogens is 337 g/mol. The van der Waals surface area contributed by atoms with Crippen LogP contribution in [0.15, 0.2) is 4.99 Å². The number of nitrogens with zero attached hydrogens (tertiary/aromatic N) is 1. The Kier molecular flexibility index (Phi) is 6.74. The van der Waals surface area contributed by atoms with E-state index in [1.54, 1.807) is 0 Å². The smallest absolute Gasteiger partial charge is 0.190 e. The molecule has 0 amide bonds. The van der Waals surface area contributed by atoms with E-state index in [1.165, 1.54) is 44.9 Å². The van der Waals surface area contributed by atoms with Crippen LogP contribution in [0.1, 0.15) is 51.9 Å². The first-order chi connectivity index (χ1) is 8.30. The van der Waals surface area contributed by atoms with E-state index in [-0.39, 0.29) is 24.0 Å². The van der Waals surface area contributed by atoms with Gasteiger partial charge in [0.2, 0.25) is 0 Å². The maximum Gasteiger partial charge on any atom is 0.190 e. The van der Waals surface area contributed by atoms with Gasteiger partial charge in [0, 0.05) is 20.1 Å². The second kappa shape index (κ2) is 7.56. The summed E-state index contributed by atoms with van der Waals surface area (Å²) in [5.74, 6) is 2.00. The highest BCUT2D eigenvalue weighted by molar-refractivity contribution is 14.0. The van der Waals surface area contributed by atoms with Crippen LogP contribution in [-0.4, -0.2) is 26.1 Å². The Labute approximate surface area is 129 Å². The Morgan fingerprint density at radius 1 is 1.28 bits per heavy atom. The fourth-order valence-corrected chi connectivity index (χ4v) is 2.92. The normalized spacial score (nSPS) is 21.8. The SMILES string of the molecule is CCCCNC(=NC)NCC1(C2CC2)CCC1.I. The summed E-state index contributed by atoms with van der Waals surface area (Å²) in [6.45, 7) is 4.38. The highest BCUT2D eigenvalue weighted by Gasteiger charge is 2.48. The number of unbranched alkanes of at least 4 members (excludes halogenated alkanes) is 1. The van der Waals surface area contributed by atoms with Crippen LogP contribution in [0.5, 0.6) is 0 Å². The molecule has 2 aliphatic rings. The van der Waals surface area contributed by atoms with Crippen LogP contribution in [-0.2, 0) is 0 Å². The second-order valence-electron chi connectivity index (χ2n) is 5.70. The molecule has 0 aliphatic heterocycles. The van der Waals surface area contributed by atoms with E-state index in [1.807, 2.05) is 7.05 Å². The van der Waals surface area contributed by atoms with Gasteiger partial charge in [-0.2, -0.15) is 0 Å². The van der Waals surface area contributed by atoms with Crippen LogP contribution >= 0.6 is 24.0 Å². The summed E-state index contributed by atoms with van der Waals surface area (Å²) in [6, 6.07) is 0. The molecule has 106 valence electrons. The van der Waals surface area contributed by atoms with Crippen molar-refractivity contribution in [3.63, 3.8) is 0 Å². The predicted octanol–water partition coefficient (Wildman–Crippen LogP) is 3.15. The molecule has 2 fully saturated rings. The summed E-state index contributed by atoms with van der Waals surface area (Å²) < 4.78 is 0. The molecule has 0 unspecified atom stereocenters. The molecule has 3 nitrogen and oxygen atoms in total. The summed E-state index contributed by atoms with van der Waals surface area (Å²) in [5.41, 5.74) is 0.627. The first kappa shape index (κ1) is 16.1. The second-order valence-corrected chi connectivity index (χ2v) is 5.70. The highest BCUT2D eigenvalue weighted by Crippen LogP contribution is 2.56. The molecule has 2 aliphatic carbocycles. The predicted molar refractivity (Wildman–Crippen MR) is 88.7 cm³/mol. The Morgan fingerprint density at radius 2 is 2.00 bits per heavy atom. The van der Waals surface area contributed by atoms with Crippen LogP contribution < -0.4 is 10.6 Å². The molecule has 4 heteroatoms. The molecule has 2 N–H and O–H groups in total. The molecule has 0 saturated heterocycles. The van der Waals surface area contributed by atoms with E-state index in [9.17, 15) is 0 Å². The first-order valence-electron chi connectivity index (χ1n) is 7.25. The number of halogens is 1. The third-order valence-electron chi connectivity index (χ3n) is 4.45. The van der Waals surface area contributed by atoms with Crippen LogP contribution in [0.2, 0.25) is 0 Å². The summed E-state index contributed by atoms with van der Waals surface area (Å²) >= 11 is 0. The molecule has 0 atom stereocenters. The number of aliphatic imine (C=N–C) groups is 1. The highest BCUT2D eigenvalue weighted by atomic mass is 127. The fourth-order valence-electron chi connectivity index (χ4n) is 2.92. The number of nitrogens with one attached hydrogen (secondary N) is 2. The lowest BCUT2D eigenvalue weighted by atomic mass is 9.65. The molecule has 2 rings (SSSR count). The molecule has 0 bridgehead atoms. The standard InChI is InChI=1S/C14H27N3.HI/c1-3-4-10-16-13(15-2)17-11-14(8-5-9-14)12-6-7-12;/h12H,3-11H2,1-2H3,(H2,15,16,17);1H. The van der Waals surface area contributed by atoms with Gasteiger partial charge >= 0.3 is 0 Å². The summed E-state index contributed by atoms with van der Waals surface area (Å²) in [4.78, 5) is 4.30. The van der Waals surface area contributed by atoms with Crippen molar-refractivity contribution in [2.45, 2.75) is 51.9 Å². The van der Waals surface area contributed by atoms with Gasteiger partial charge in [0.25, 0.3) is 0 Å². The molecule has 18 heavy (non-hydrogen) atoms. The minimum Gasteiger partial charge on any atom is -0.356 e. The van der Waals surface area contributed by atoms with Crippen molar-refractivity contribution >= 4 is 29.9 Å². The lowest BCUT2D eigenvalue weighted by molar-refractivity contribution is 0.106. The lowest BCUT2D eigenvalue weighted by Crippen LogP contribution is -2.47. The van der Waals surface area contributed by atoms with Gasteiger partial charge < -0.3 is 10.6 Å². The number of guanidine groups is 1. The minimum absolute atomic E-state index is 0. The van der Waals surface area contributed by atoms with Crippen LogP contribution in [0.4, 0.5) is 0 Å². The van der Waals surface area contributed by atoms with E-state index < -0.39 is 0 Å². The van der Waals surface area contributed by atoms with Gasteiger partial charge in [-0.1, -0.05) is 19.8 Å². The Bertz CT molecular complexity index is 270. The zero-order chi connectivity index (χ0) is 12.1. The zero-order valence-electron chi connectivity index (χ0n) is 11.8. The zero-order valence-corrected chi connectivity index (χ0v) is 14.1. The van der Waals surface area contributed by atoms with Crippen molar-refractivity contribution in [3.05, 3.63) is 0 Å². The maximum absolute atomic E-state index is 4.30. The lowest BCUT2D eigenvalue weighted by Gasteiger charge is -2.43. The van der Waals surface area contributed by atoms with E-state index in [0.29, 0.717) is 5.41 Å². The Balaban J connectivity index is 0.00000162. The molecular formula is C14H28IN3. The molecule has 0 spiro atoms. The van der Waals surface area contributed by atoms with Crippen LogP contribution in [0.25, 0.3) is 0 Å². The van der Waals surface area contributed by atoms with Crippen molar-refractivity contribution < 1.29 is 0 Å². The van der Waals surface area contributed by atoms with E-state index in [4.69, 9.17) is 0 Å². The van der Waals surface area contributed by atoms with Crippen LogP contribution in [0.3, 0.4) is 0 Å². The average Bonchev–Trinajstić information content (AvgIpc) is 3.10. The molecule has 0 aromatic rings. The summed E-state index contributed by atoms with van der Waals surface area (Å²) in [7, 11) is 1.87. The average molecular weight is 365 g/mol.